The number of nitrogens with zero attached hydrogens (tertiary/aromatic N) is 1. The maximum absolute atomic E-state index is 13.5. The van der Waals surface area contributed by atoms with Gasteiger partial charge in [0.15, 0.2) is 0 Å². The molecule has 0 amide bonds. The third-order valence-electron chi connectivity index (χ3n) is 4.79. The highest BCUT2D eigenvalue weighted by molar-refractivity contribution is 6.31. The lowest BCUT2D eigenvalue weighted by molar-refractivity contribution is -0.0408. The van der Waals surface area contributed by atoms with Crippen LogP contribution >= 0.6 is 11.6 Å². The molecule has 0 bridgehead atoms. The maximum atomic E-state index is 13.5. The summed E-state index contributed by atoms with van der Waals surface area (Å²) in [6.45, 7) is 2.24. The second-order valence-electron chi connectivity index (χ2n) is 6.25. The number of aliphatic hydroxyl groups excluding tert-OH is 1. The first-order valence-corrected chi connectivity index (χ1v) is 7.55. The van der Waals surface area contributed by atoms with Gasteiger partial charge in [-0.2, -0.15) is 0 Å². The summed E-state index contributed by atoms with van der Waals surface area (Å²) >= 11 is 6.16. The molecule has 1 saturated carbocycles. The van der Waals surface area contributed by atoms with Crippen molar-refractivity contribution in [2.24, 2.45) is 5.92 Å². The van der Waals surface area contributed by atoms with E-state index < -0.39 is 6.10 Å². The summed E-state index contributed by atoms with van der Waals surface area (Å²) in [7, 11) is 3.96. The molecule has 2 rings (SSSR count). The Morgan fingerprint density at radius 3 is 2.50 bits per heavy atom. The molecule has 1 aliphatic carbocycles. The van der Waals surface area contributed by atoms with E-state index in [0.29, 0.717) is 16.5 Å². The van der Waals surface area contributed by atoms with Gasteiger partial charge in [0.1, 0.15) is 5.82 Å². The van der Waals surface area contributed by atoms with Gasteiger partial charge in [-0.3, -0.25) is 0 Å². The van der Waals surface area contributed by atoms with E-state index in [1.54, 1.807) is 0 Å². The van der Waals surface area contributed by atoms with Crippen LogP contribution in [0.5, 0.6) is 0 Å². The highest BCUT2D eigenvalue weighted by Gasteiger charge is 2.43. The number of benzene rings is 1. The molecule has 20 heavy (non-hydrogen) atoms. The number of likely N-dealkylation sites (N-methyl/N-ethyl adjacent to an activating group) is 1. The van der Waals surface area contributed by atoms with Gasteiger partial charge in [0, 0.05) is 10.6 Å². The first-order chi connectivity index (χ1) is 9.36. The van der Waals surface area contributed by atoms with Crippen molar-refractivity contribution in [3.8, 4) is 0 Å². The molecule has 1 N–H and O–H groups in total. The Bertz CT molecular complexity index is 470. The van der Waals surface area contributed by atoms with Crippen molar-refractivity contribution in [3.63, 3.8) is 0 Å². The molecule has 4 heteroatoms. The van der Waals surface area contributed by atoms with Crippen LogP contribution in [-0.4, -0.2) is 29.6 Å². The van der Waals surface area contributed by atoms with Crippen molar-refractivity contribution < 1.29 is 9.50 Å². The molecule has 1 aromatic carbocycles. The van der Waals surface area contributed by atoms with E-state index in [2.05, 4.69) is 11.8 Å². The van der Waals surface area contributed by atoms with Crippen LogP contribution < -0.4 is 0 Å². The van der Waals surface area contributed by atoms with Gasteiger partial charge < -0.3 is 10.0 Å². The topological polar surface area (TPSA) is 23.5 Å². The molecule has 1 unspecified atom stereocenters. The van der Waals surface area contributed by atoms with Crippen LogP contribution in [0, 0.1) is 11.7 Å². The average Bonchev–Trinajstić information content (AvgIpc) is 2.41. The molecule has 2 nitrogen and oxygen atoms in total. The summed E-state index contributed by atoms with van der Waals surface area (Å²) in [6.07, 6.45) is 3.17. The first-order valence-electron chi connectivity index (χ1n) is 7.17. The van der Waals surface area contributed by atoms with Gasteiger partial charge >= 0.3 is 0 Å². The Labute approximate surface area is 125 Å². The van der Waals surface area contributed by atoms with Crippen LogP contribution in [0.2, 0.25) is 5.02 Å². The lowest BCUT2D eigenvalue weighted by atomic mass is 9.71. The third kappa shape index (κ3) is 2.85. The zero-order valence-electron chi connectivity index (χ0n) is 12.4. The first kappa shape index (κ1) is 15.7. The van der Waals surface area contributed by atoms with Gasteiger partial charge in [0.25, 0.3) is 0 Å². The lowest BCUT2D eigenvalue weighted by Gasteiger charge is -2.48. The summed E-state index contributed by atoms with van der Waals surface area (Å²) in [5.41, 5.74) is 0.138. The Morgan fingerprint density at radius 1 is 1.35 bits per heavy atom. The largest absolute Gasteiger partial charge is 0.386 e. The Kier molecular flexibility index (Phi) is 4.73. The molecule has 0 heterocycles. The Balaban J connectivity index is 2.36. The molecule has 1 fully saturated rings. The van der Waals surface area contributed by atoms with Crippen molar-refractivity contribution in [1.82, 2.24) is 4.90 Å². The molecule has 1 atom stereocenters. The molecule has 1 aromatic rings. The van der Waals surface area contributed by atoms with E-state index in [9.17, 15) is 9.50 Å². The SMILES string of the molecule is CC1CCC(C(O)c2cc(F)ccc2Cl)(N(C)C)CC1. The highest BCUT2D eigenvalue weighted by atomic mass is 35.5. The Morgan fingerprint density at radius 2 is 1.95 bits per heavy atom. The molecule has 0 aromatic heterocycles. The van der Waals surface area contributed by atoms with Gasteiger partial charge in [-0.15, -0.1) is 0 Å². The van der Waals surface area contributed by atoms with Gasteiger partial charge in [0.05, 0.1) is 11.6 Å². The zero-order chi connectivity index (χ0) is 14.9. The second-order valence-corrected chi connectivity index (χ2v) is 6.66. The van der Waals surface area contributed by atoms with Crippen molar-refractivity contribution in [2.75, 3.05) is 14.1 Å². The highest BCUT2D eigenvalue weighted by Crippen LogP contribution is 2.45. The minimum atomic E-state index is -0.770. The number of rotatable bonds is 3. The van der Waals surface area contributed by atoms with Crippen LogP contribution in [0.25, 0.3) is 0 Å². The molecule has 0 radical (unpaired) electrons. The summed E-state index contributed by atoms with van der Waals surface area (Å²) < 4.78 is 13.5. The zero-order valence-corrected chi connectivity index (χ0v) is 13.1. The van der Waals surface area contributed by atoms with Crippen molar-refractivity contribution in [3.05, 3.63) is 34.6 Å². The van der Waals surface area contributed by atoms with Gasteiger partial charge in [-0.05, 0) is 63.9 Å². The fourth-order valence-corrected chi connectivity index (χ4v) is 3.46. The van der Waals surface area contributed by atoms with Gasteiger partial charge in [-0.25, -0.2) is 4.39 Å². The van der Waals surface area contributed by atoms with Crippen LogP contribution in [0.1, 0.15) is 44.3 Å². The predicted molar refractivity (Wildman–Crippen MR) is 80.4 cm³/mol. The fourth-order valence-electron chi connectivity index (χ4n) is 3.24. The molecular weight excluding hydrogens is 277 g/mol. The van der Waals surface area contributed by atoms with Crippen LogP contribution in [0.4, 0.5) is 4.39 Å². The van der Waals surface area contributed by atoms with E-state index in [4.69, 9.17) is 11.6 Å². The molecule has 0 spiro atoms. The van der Waals surface area contributed by atoms with E-state index in [1.165, 1.54) is 18.2 Å². The van der Waals surface area contributed by atoms with Crippen LogP contribution in [0.15, 0.2) is 18.2 Å². The van der Waals surface area contributed by atoms with Gasteiger partial charge in [-0.1, -0.05) is 18.5 Å². The van der Waals surface area contributed by atoms with Crippen molar-refractivity contribution in [1.29, 1.82) is 0 Å². The van der Waals surface area contributed by atoms with E-state index >= 15 is 0 Å². The summed E-state index contributed by atoms with van der Waals surface area (Å²) in [6, 6.07) is 4.20. The lowest BCUT2D eigenvalue weighted by Crippen LogP contribution is -2.51. The fraction of sp³-hybridized carbons (Fsp3) is 0.625. The number of hydrogen-bond acceptors (Lipinski definition) is 2. The van der Waals surface area contributed by atoms with E-state index in [1.807, 2.05) is 14.1 Å². The minimum absolute atomic E-state index is 0.357. The normalized spacial score (nSPS) is 28.6. The smallest absolute Gasteiger partial charge is 0.123 e. The third-order valence-corrected chi connectivity index (χ3v) is 5.14. The van der Waals surface area contributed by atoms with Crippen molar-refractivity contribution >= 4 is 11.6 Å². The minimum Gasteiger partial charge on any atom is -0.386 e. The average molecular weight is 300 g/mol. The quantitative estimate of drug-likeness (QED) is 0.911. The number of aliphatic hydroxyl groups is 1. The monoisotopic (exact) mass is 299 g/mol. The summed E-state index contributed by atoms with van der Waals surface area (Å²) in [5.74, 6) is 0.319. The number of hydrogen-bond donors (Lipinski definition) is 1. The van der Waals surface area contributed by atoms with E-state index in [0.717, 1.165) is 25.7 Å². The van der Waals surface area contributed by atoms with Gasteiger partial charge in [0.2, 0.25) is 0 Å². The van der Waals surface area contributed by atoms with Crippen LogP contribution in [0.3, 0.4) is 0 Å². The Hall–Kier alpha value is -0.640. The van der Waals surface area contributed by atoms with Crippen molar-refractivity contribution in [2.45, 2.75) is 44.2 Å². The summed E-state index contributed by atoms with van der Waals surface area (Å²) in [4.78, 5) is 2.07. The summed E-state index contributed by atoms with van der Waals surface area (Å²) in [5, 5.41) is 11.3. The molecule has 0 saturated heterocycles. The second kappa shape index (κ2) is 6.00. The van der Waals surface area contributed by atoms with E-state index in [-0.39, 0.29) is 11.4 Å². The molecule has 1 aliphatic rings. The maximum Gasteiger partial charge on any atom is 0.123 e. The molecule has 0 aliphatic heterocycles. The van der Waals surface area contributed by atoms with Crippen LogP contribution in [-0.2, 0) is 0 Å². The number of halogens is 2. The predicted octanol–water partition coefficient (Wildman–Crippen LogP) is 4.02. The standard InChI is InChI=1S/C16H23ClFNO/c1-11-6-8-16(9-7-11,19(2)3)15(20)13-10-12(18)4-5-14(13)17/h4-5,10-11,15,20H,6-9H2,1-3H3. The molecule has 112 valence electrons. The molecular formula is C16H23ClFNO.